The first-order valence-electron chi connectivity index (χ1n) is 10.1. The van der Waals surface area contributed by atoms with Crippen LogP contribution in [0.2, 0.25) is 5.15 Å². The molecule has 0 atom stereocenters. The average Bonchev–Trinajstić information content (AvgIpc) is 3.25. The van der Waals surface area contributed by atoms with Gasteiger partial charge in [-0.25, -0.2) is 24.7 Å². The summed E-state index contributed by atoms with van der Waals surface area (Å²) in [6.07, 6.45) is 2.78. The van der Waals surface area contributed by atoms with Crippen molar-refractivity contribution in [1.82, 2.24) is 19.9 Å². The van der Waals surface area contributed by atoms with E-state index in [-0.39, 0.29) is 77.3 Å². The number of ether oxygens (including phenoxy) is 1. The van der Waals surface area contributed by atoms with Gasteiger partial charge in [0, 0.05) is 28.2 Å². The van der Waals surface area contributed by atoms with Gasteiger partial charge in [-0.15, -0.1) is 24.0 Å². The fraction of sp³-hybridized carbons (Fsp3) is 0.286. The second-order valence-corrected chi connectivity index (χ2v) is 8.67. The van der Waals surface area contributed by atoms with Gasteiger partial charge >= 0.3 is 65.1 Å². The molecule has 20 heteroatoms. The van der Waals surface area contributed by atoms with Crippen LogP contribution in [0.4, 0.5) is 17.3 Å². The Kier molecular flexibility index (Phi) is 25.0. The normalized spacial score (nSPS) is 8.68. The zero-order valence-corrected chi connectivity index (χ0v) is 30.2. The van der Waals surface area contributed by atoms with Gasteiger partial charge in [0.25, 0.3) is 6.47 Å². The Labute approximate surface area is 296 Å². The van der Waals surface area contributed by atoms with Crippen LogP contribution in [-0.2, 0) is 24.2 Å². The van der Waals surface area contributed by atoms with E-state index >= 15 is 0 Å². The molecule has 41 heavy (non-hydrogen) atoms. The van der Waals surface area contributed by atoms with E-state index < -0.39 is 5.97 Å². The molecule has 0 saturated heterocycles. The van der Waals surface area contributed by atoms with E-state index in [0.717, 1.165) is 0 Å². The smallest absolute Gasteiger partial charge is 1.00 e. The molecule has 0 spiro atoms. The maximum atomic E-state index is 11.5. The maximum Gasteiger partial charge on any atom is 1.00 e. The molecule has 3 rings (SSSR count). The number of nitrogens with two attached hydrogens (primary N) is 1. The van der Waals surface area contributed by atoms with E-state index in [4.69, 9.17) is 32.6 Å². The Morgan fingerprint density at radius 2 is 1.68 bits per heavy atom. The summed E-state index contributed by atoms with van der Waals surface area (Å²) in [5, 5.41) is 18.3. The minimum absolute atomic E-state index is 0. The molecule has 0 bridgehead atoms. The van der Waals surface area contributed by atoms with Crippen LogP contribution in [-0.4, -0.2) is 74.8 Å². The van der Waals surface area contributed by atoms with Crippen molar-refractivity contribution < 1.29 is 94.8 Å². The standard InChI is InChI=1S/C10H12N4O2S.C7H7ClN4.C3H6O2S.CH2O3.2Na.H/c1-14(2)8-5-6(11)7(10(15)16-3)17-9(5)13-4-12-8;1-12(2)7-5(3-9)6(8)10-4-11-7;1-3(6)5-4-2;2-1-4-3;;;/h4H,11H2,1-3H3;4H,1-2H3;6H,1H2,2H3;1,3H;;;/q;;;;2*+1;-1/p-1. The zero-order valence-electron chi connectivity index (χ0n) is 24.7. The van der Waals surface area contributed by atoms with Crippen LogP contribution in [0, 0.1) is 11.3 Å². The number of halogens is 1. The molecule has 0 aromatic carbocycles. The second-order valence-electron chi connectivity index (χ2n) is 6.81. The predicted molar refractivity (Wildman–Crippen MR) is 148 cm³/mol. The second kappa shape index (κ2) is 23.6. The van der Waals surface area contributed by atoms with E-state index in [1.165, 1.54) is 38.2 Å². The monoisotopic (exact) mass is 648 g/mol. The number of carbonyl (C=O) groups is 2. The van der Waals surface area contributed by atoms with Crippen LogP contribution in [0.1, 0.15) is 16.7 Å². The number of fused-ring (bicyclic) bond motifs is 1. The van der Waals surface area contributed by atoms with Crippen LogP contribution in [0.25, 0.3) is 10.2 Å². The molecule has 3 aromatic rings. The molecule has 15 nitrogen and oxygen atoms in total. The first-order valence-corrected chi connectivity index (χ1v) is 11.7. The molecule has 3 aromatic heterocycles. The van der Waals surface area contributed by atoms with Crippen molar-refractivity contribution in [3.63, 3.8) is 0 Å². The molecule has 3 heterocycles. The van der Waals surface area contributed by atoms with Crippen LogP contribution < -0.4 is 79.9 Å². The summed E-state index contributed by atoms with van der Waals surface area (Å²) < 4.78 is 4.68. The molecule has 0 saturated carbocycles. The molecule has 0 radical (unpaired) electrons. The Bertz CT molecular complexity index is 1300. The van der Waals surface area contributed by atoms with Crippen LogP contribution in [0.15, 0.2) is 24.3 Å². The van der Waals surface area contributed by atoms with Crippen molar-refractivity contribution in [2.24, 2.45) is 0 Å². The van der Waals surface area contributed by atoms with Gasteiger partial charge in [0.05, 0.1) is 25.3 Å². The number of carbonyl (C=O) groups excluding carboxylic acids is 2. The minimum Gasteiger partial charge on any atom is -1.00 e. The summed E-state index contributed by atoms with van der Waals surface area (Å²) in [5.41, 5.74) is 6.64. The average molecular weight is 649 g/mol. The molecule has 214 valence electrons. The van der Waals surface area contributed by atoms with Gasteiger partial charge in [-0.1, -0.05) is 11.6 Å². The molecular formula is C21H27ClN8Na2O7S2. The fourth-order valence-corrected chi connectivity index (χ4v) is 3.63. The number of thiol groups is 1. The Morgan fingerprint density at radius 1 is 1.17 bits per heavy atom. The number of nitrogens with zero attached hydrogens (tertiary/aromatic N) is 7. The number of methoxy groups -OCH3 is 1. The number of esters is 1. The largest absolute Gasteiger partial charge is 1.00 e. The van der Waals surface area contributed by atoms with Crippen molar-refractivity contribution in [2.75, 3.05) is 57.9 Å². The topological polar surface area (TPSA) is 202 Å². The zero-order chi connectivity index (χ0) is 30.1. The Balaban J connectivity index is -0.000000254. The van der Waals surface area contributed by atoms with E-state index in [1.54, 1.807) is 19.0 Å². The van der Waals surface area contributed by atoms with E-state index in [2.05, 4.69) is 58.5 Å². The van der Waals surface area contributed by atoms with Crippen LogP contribution in [0.5, 0.6) is 0 Å². The predicted octanol–water partition coefficient (Wildman–Crippen LogP) is -4.29. The quantitative estimate of drug-likeness (QED) is 0.0380. The number of anilines is 3. The first kappa shape index (κ1) is 43.5. The summed E-state index contributed by atoms with van der Waals surface area (Å²) in [5.74, 6) is 0.784. The number of thiophene rings is 1. The molecule has 0 aliphatic carbocycles. The Hall–Kier alpha value is -1.95. The number of rotatable bonds is 6. The molecule has 2 N–H and O–H groups in total. The maximum absolute atomic E-state index is 11.5. The van der Waals surface area contributed by atoms with Crippen molar-refractivity contribution in [2.45, 2.75) is 0 Å². The van der Waals surface area contributed by atoms with Gasteiger partial charge in [-0.2, -0.15) is 10.1 Å². The number of aromatic nitrogens is 4. The third-order valence-corrected chi connectivity index (χ3v) is 5.29. The summed E-state index contributed by atoms with van der Waals surface area (Å²) in [6, 6.07) is 1.95. The van der Waals surface area contributed by atoms with Crippen LogP contribution in [0.3, 0.4) is 0 Å². The van der Waals surface area contributed by atoms with Gasteiger partial charge in [-0.3, -0.25) is 4.79 Å². The van der Waals surface area contributed by atoms with Crippen LogP contribution >= 0.6 is 35.6 Å². The summed E-state index contributed by atoms with van der Waals surface area (Å²) in [6.45, 7) is 3.08. The number of nitriles is 1. The van der Waals surface area contributed by atoms with Crippen molar-refractivity contribution in [3.05, 3.63) is 39.9 Å². The SMILES string of the molecule is C=C(S)OOC.CN(C)c1ncnc(Cl)c1C#N.COC(=O)c1sc2ncnc(N(C)C)c2c1N.O=CO[O-].[H-].[Na+].[Na+]. The fourth-order valence-electron chi connectivity index (χ4n) is 2.41. The molecule has 0 amide bonds. The van der Waals surface area contributed by atoms with Gasteiger partial charge in [0.2, 0.25) is 0 Å². The molecule has 0 aliphatic heterocycles. The third kappa shape index (κ3) is 14.7. The van der Waals surface area contributed by atoms with E-state index in [9.17, 15) is 4.79 Å². The van der Waals surface area contributed by atoms with Crippen molar-refractivity contribution in [3.8, 4) is 6.07 Å². The molecule has 0 unspecified atom stereocenters. The minimum atomic E-state index is -0.449. The van der Waals surface area contributed by atoms with Gasteiger partial charge in [0.1, 0.15) is 39.8 Å². The summed E-state index contributed by atoms with van der Waals surface area (Å²) in [4.78, 5) is 51.6. The molecule has 0 fully saturated rings. The van der Waals surface area contributed by atoms with E-state index in [0.29, 0.717) is 38.0 Å². The Morgan fingerprint density at radius 3 is 2.05 bits per heavy atom. The van der Waals surface area contributed by atoms with Gasteiger partial charge in [-0.05, 0) is 6.58 Å². The summed E-state index contributed by atoms with van der Waals surface area (Å²) in [7, 11) is 10.0. The third-order valence-electron chi connectivity index (χ3n) is 3.83. The number of hydrogen-bond acceptors (Lipinski definition) is 17. The van der Waals surface area contributed by atoms with Gasteiger partial charge in [0.15, 0.2) is 16.1 Å². The van der Waals surface area contributed by atoms with Crippen molar-refractivity contribution >= 4 is 75.5 Å². The number of hydrogen-bond donors (Lipinski definition) is 2. The molecular weight excluding hydrogens is 622 g/mol. The number of nitrogen functional groups attached to an aromatic ring is 1. The first-order chi connectivity index (χ1) is 18.4. The molecule has 0 aliphatic rings. The van der Waals surface area contributed by atoms with E-state index in [1.807, 2.05) is 25.1 Å². The summed E-state index contributed by atoms with van der Waals surface area (Å²) >= 11 is 10.5. The van der Waals surface area contributed by atoms with Gasteiger partial charge < -0.3 is 36.7 Å². The van der Waals surface area contributed by atoms with Crippen molar-refractivity contribution in [1.29, 1.82) is 5.26 Å².